The average molecular weight is 734 g/mol. The Hall–Kier alpha value is -6.40. The summed E-state index contributed by atoms with van der Waals surface area (Å²) in [4.78, 5) is 41.5. The molecule has 0 saturated heterocycles. The van der Waals surface area contributed by atoms with Gasteiger partial charge in [0.2, 0.25) is 5.91 Å². The van der Waals surface area contributed by atoms with E-state index in [2.05, 4.69) is 16.0 Å². The van der Waals surface area contributed by atoms with Gasteiger partial charge in [-0.25, -0.2) is 0 Å². The molecule has 0 fully saturated rings. The first-order chi connectivity index (χ1) is 25.8. The molecule has 3 amide bonds. The number of benzene rings is 5. The second-order valence-corrected chi connectivity index (χ2v) is 12.4. The van der Waals surface area contributed by atoms with Gasteiger partial charge in [-0.1, -0.05) is 48.5 Å². The highest BCUT2D eigenvalue weighted by molar-refractivity contribution is 8.00. The second kappa shape index (κ2) is 18.2. The lowest BCUT2D eigenvalue weighted by Crippen LogP contribution is -2.30. The van der Waals surface area contributed by atoms with E-state index < -0.39 is 17.1 Å². The zero-order valence-electron chi connectivity index (χ0n) is 29.8. The summed E-state index contributed by atoms with van der Waals surface area (Å²) in [7, 11) is 7.58. The minimum absolute atomic E-state index is 0.0439. The minimum atomic E-state index is -0.623. The lowest BCUT2D eigenvalue weighted by atomic mass is 10.1. The molecule has 0 saturated carbocycles. The molecule has 12 heteroatoms. The lowest BCUT2D eigenvalue weighted by Gasteiger charge is -2.19. The van der Waals surface area contributed by atoms with Crippen molar-refractivity contribution < 1.29 is 38.1 Å². The zero-order chi connectivity index (χ0) is 37.7. The molecule has 1 atom stereocenters. The number of carbonyl (C=O) groups is 3. The molecule has 0 aromatic heterocycles. The number of thioether (sulfide) groups is 1. The van der Waals surface area contributed by atoms with Gasteiger partial charge in [-0.2, -0.15) is 0 Å². The van der Waals surface area contributed by atoms with Crippen LogP contribution in [0.3, 0.4) is 0 Å². The Morgan fingerprint density at radius 1 is 0.623 bits per heavy atom. The van der Waals surface area contributed by atoms with Gasteiger partial charge in [-0.05, 0) is 66.2 Å². The summed E-state index contributed by atoms with van der Waals surface area (Å²) in [6.07, 6.45) is 1.50. The van der Waals surface area contributed by atoms with Gasteiger partial charge in [0.15, 0.2) is 11.5 Å². The van der Waals surface area contributed by atoms with E-state index in [0.29, 0.717) is 51.2 Å². The van der Waals surface area contributed by atoms with Gasteiger partial charge in [-0.3, -0.25) is 14.4 Å². The molecule has 0 radical (unpaired) electrons. The van der Waals surface area contributed by atoms with Crippen molar-refractivity contribution in [3.63, 3.8) is 0 Å². The standard InChI is InChI=1S/C41H39N3O8S/c1-48-30-18-21-32(35(24-30)50-3)43-41(47)38(26-12-8-6-9-13-26)53-31-19-16-29(17-20-31)42-40(46)33(44-39(45)27-14-10-7-11-15-27)22-28-23-36(51-4)37(52-5)25-34(28)49-2/h6-25,38H,1-5H3,(H,42,46)(H,43,47)(H,44,45)/b33-22-. The monoisotopic (exact) mass is 733 g/mol. The SMILES string of the molecule is COc1ccc(NC(=O)C(Sc2ccc(NC(=O)/C(=C/c3cc(OC)c(OC)cc3OC)NC(=O)c3ccccc3)cc2)c2ccccc2)c(OC)c1. The molecular weight excluding hydrogens is 695 g/mol. The van der Waals surface area contributed by atoms with Crippen LogP contribution in [0.4, 0.5) is 11.4 Å². The molecule has 5 aromatic rings. The summed E-state index contributed by atoms with van der Waals surface area (Å²) in [6, 6.07) is 33.5. The summed E-state index contributed by atoms with van der Waals surface area (Å²) >= 11 is 1.35. The number of rotatable bonds is 15. The summed E-state index contributed by atoms with van der Waals surface area (Å²) in [5, 5.41) is 7.97. The Morgan fingerprint density at radius 3 is 1.87 bits per heavy atom. The number of amides is 3. The molecule has 0 spiro atoms. The van der Waals surface area contributed by atoms with E-state index in [0.717, 1.165) is 10.5 Å². The topological polar surface area (TPSA) is 133 Å². The van der Waals surface area contributed by atoms with Crippen molar-refractivity contribution in [3.05, 3.63) is 138 Å². The van der Waals surface area contributed by atoms with Crippen LogP contribution in [-0.4, -0.2) is 53.3 Å². The molecule has 0 aliphatic rings. The molecule has 11 nitrogen and oxygen atoms in total. The van der Waals surface area contributed by atoms with Crippen LogP contribution in [0.2, 0.25) is 0 Å². The fraction of sp³-hybridized carbons (Fsp3) is 0.146. The Morgan fingerprint density at radius 2 is 1.25 bits per heavy atom. The van der Waals surface area contributed by atoms with E-state index in [-0.39, 0.29) is 11.6 Å². The summed E-state index contributed by atoms with van der Waals surface area (Å²) in [5.74, 6) is 0.994. The first kappa shape index (κ1) is 37.8. The van der Waals surface area contributed by atoms with Gasteiger partial charge >= 0.3 is 0 Å². The van der Waals surface area contributed by atoms with E-state index in [4.69, 9.17) is 23.7 Å². The maximum Gasteiger partial charge on any atom is 0.272 e. The predicted molar refractivity (Wildman–Crippen MR) is 206 cm³/mol. The number of hydrogen-bond acceptors (Lipinski definition) is 9. The van der Waals surface area contributed by atoms with Gasteiger partial charge in [0.1, 0.15) is 28.2 Å². The maximum atomic E-state index is 13.8. The zero-order valence-corrected chi connectivity index (χ0v) is 30.6. The van der Waals surface area contributed by atoms with Crippen LogP contribution < -0.4 is 39.6 Å². The minimum Gasteiger partial charge on any atom is -0.497 e. The van der Waals surface area contributed by atoms with Crippen molar-refractivity contribution in [2.24, 2.45) is 0 Å². The fourth-order valence-electron chi connectivity index (χ4n) is 5.22. The van der Waals surface area contributed by atoms with E-state index in [1.165, 1.54) is 46.3 Å². The Balaban J connectivity index is 1.39. The second-order valence-electron chi connectivity index (χ2n) is 11.3. The van der Waals surface area contributed by atoms with E-state index in [1.807, 2.05) is 30.3 Å². The molecule has 272 valence electrons. The number of hydrogen-bond donors (Lipinski definition) is 3. The fourth-order valence-corrected chi connectivity index (χ4v) is 6.24. The van der Waals surface area contributed by atoms with Gasteiger partial charge in [0.25, 0.3) is 11.8 Å². The van der Waals surface area contributed by atoms with E-state index in [9.17, 15) is 14.4 Å². The largest absolute Gasteiger partial charge is 0.497 e. The van der Waals surface area contributed by atoms with Crippen LogP contribution in [0, 0.1) is 0 Å². The van der Waals surface area contributed by atoms with Gasteiger partial charge in [0, 0.05) is 33.8 Å². The van der Waals surface area contributed by atoms with Crippen molar-refractivity contribution in [3.8, 4) is 28.7 Å². The van der Waals surface area contributed by atoms with Crippen LogP contribution in [-0.2, 0) is 9.59 Å². The van der Waals surface area contributed by atoms with Crippen molar-refractivity contribution in [2.45, 2.75) is 10.1 Å². The van der Waals surface area contributed by atoms with Crippen molar-refractivity contribution in [1.82, 2.24) is 5.32 Å². The van der Waals surface area contributed by atoms with Crippen LogP contribution in [0.25, 0.3) is 6.08 Å². The third-order valence-electron chi connectivity index (χ3n) is 7.94. The van der Waals surface area contributed by atoms with Crippen LogP contribution in [0.15, 0.2) is 126 Å². The average Bonchev–Trinajstić information content (AvgIpc) is 3.20. The van der Waals surface area contributed by atoms with Gasteiger partial charge in [-0.15, -0.1) is 11.8 Å². The van der Waals surface area contributed by atoms with Crippen LogP contribution >= 0.6 is 11.8 Å². The quantitative estimate of drug-likeness (QED) is 0.0735. The highest BCUT2D eigenvalue weighted by Gasteiger charge is 2.24. The lowest BCUT2D eigenvalue weighted by molar-refractivity contribution is -0.116. The molecule has 5 rings (SSSR count). The number of ether oxygens (including phenoxy) is 5. The molecule has 0 bridgehead atoms. The van der Waals surface area contributed by atoms with Gasteiger partial charge < -0.3 is 39.6 Å². The highest BCUT2D eigenvalue weighted by Crippen LogP contribution is 2.39. The molecule has 3 N–H and O–H groups in total. The number of methoxy groups -OCH3 is 5. The Bertz CT molecular complexity index is 2070. The first-order valence-corrected chi connectivity index (χ1v) is 17.2. The molecule has 1 unspecified atom stereocenters. The highest BCUT2D eigenvalue weighted by atomic mass is 32.2. The van der Waals surface area contributed by atoms with Crippen LogP contribution in [0.5, 0.6) is 28.7 Å². The first-order valence-electron chi connectivity index (χ1n) is 16.3. The Labute approximate surface area is 312 Å². The Kier molecular flexibility index (Phi) is 13.0. The van der Waals surface area contributed by atoms with E-state index >= 15 is 0 Å². The van der Waals surface area contributed by atoms with E-state index in [1.54, 1.807) is 92.0 Å². The number of carbonyl (C=O) groups excluding carboxylic acids is 3. The number of anilines is 2. The van der Waals surface area contributed by atoms with Crippen molar-refractivity contribution in [2.75, 3.05) is 46.2 Å². The third-order valence-corrected chi connectivity index (χ3v) is 9.20. The van der Waals surface area contributed by atoms with Gasteiger partial charge in [0.05, 0.1) is 41.2 Å². The molecule has 5 aromatic carbocycles. The molecule has 0 aliphatic heterocycles. The molecule has 0 aliphatic carbocycles. The molecule has 0 heterocycles. The third kappa shape index (κ3) is 9.69. The molecule has 53 heavy (non-hydrogen) atoms. The maximum absolute atomic E-state index is 13.8. The van der Waals surface area contributed by atoms with Crippen molar-refractivity contribution in [1.29, 1.82) is 0 Å². The predicted octanol–water partition coefficient (Wildman–Crippen LogP) is 7.61. The van der Waals surface area contributed by atoms with Crippen LogP contribution in [0.1, 0.15) is 26.7 Å². The smallest absolute Gasteiger partial charge is 0.272 e. The van der Waals surface area contributed by atoms with Crippen molar-refractivity contribution >= 4 is 46.9 Å². The normalized spacial score (nSPS) is 11.5. The summed E-state index contributed by atoms with van der Waals surface area (Å²) < 4.78 is 27.2. The number of nitrogens with one attached hydrogen (secondary N) is 3. The summed E-state index contributed by atoms with van der Waals surface area (Å²) in [5.41, 5.74) is 2.56. The molecular formula is C41H39N3O8S. The summed E-state index contributed by atoms with van der Waals surface area (Å²) in [6.45, 7) is 0.